The van der Waals surface area contributed by atoms with Crippen molar-refractivity contribution in [2.24, 2.45) is 5.92 Å². The number of hydrogen-bond donors (Lipinski definition) is 0. The molecule has 2 amide bonds. The minimum Gasteiger partial charge on any atom is -0.361 e. The van der Waals surface area contributed by atoms with Crippen LogP contribution in [0.1, 0.15) is 36.3 Å². The van der Waals surface area contributed by atoms with Crippen LogP contribution in [0.2, 0.25) is 0 Å². The molecule has 0 aromatic carbocycles. The van der Waals surface area contributed by atoms with E-state index in [0.29, 0.717) is 32.6 Å². The van der Waals surface area contributed by atoms with Crippen LogP contribution in [0.15, 0.2) is 10.9 Å². The summed E-state index contributed by atoms with van der Waals surface area (Å²) in [6, 6.07) is 0.0296. The third-order valence-electron chi connectivity index (χ3n) is 5.60. The van der Waals surface area contributed by atoms with E-state index in [9.17, 15) is 9.59 Å². The molecule has 0 saturated carbocycles. The molecule has 3 aliphatic heterocycles. The maximum atomic E-state index is 13.0. The lowest BCUT2D eigenvalue weighted by atomic mass is 9.93. The van der Waals surface area contributed by atoms with Gasteiger partial charge in [-0.15, -0.1) is 5.10 Å². The molecule has 0 radical (unpaired) electrons. The topological polar surface area (TPSA) is 110 Å². The summed E-state index contributed by atoms with van der Waals surface area (Å²) in [6.07, 6.45) is 3.56. The Bertz CT molecular complexity index is 812. The second kappa shape index (κ2) is 7.09. The number of hydrogen-bond acceptors (Lipinski definition) is 7. The third kappa shape index (κ3) is 3.43. The number of aryl methyl sites for hydroxylation is 3. The molecule has 2 bridgehead atoms. The number of rotatable bonds is 5. The molecular weight excluding hydrogens is 350 g/mol. The van der Waals surface area contributed by atoms with Gasteiger partial charge in [0.05, 0.1) is 24.7 Å². The van der Waals surface area contributed by atoms with E-state index in [4.69, 9.17) is 4.52 Å². The number of fused-ring (bicyclic) bond motifs is 4. The van der Waals surface area contributed by atoms with E-state index in [1.165, 1.54) is 6.33 Å². The molecule has 144 valence electrons. The summed E-state index contributed by atoms with van der Waals surface area (Å²) in [5, 5.41) is 14.9. The van der Waals surface area contributed by atoms with Crippen molar-refractivity contribution in [2.75, 3.05) is 13.1 Å². The second-order valence-corrected chi connectivity index (χ2v) is 7.32. The highest BCUT2D eigenvalue weighted by Crippen LogP contribution is 2.31. The van der Waals surface area contributed by atoms with Crippen molar-refractivity contribution in [2.45, 2.75) is 52.2 Å². The van der Waals surface area contributed by atoms with E-state index in [0.717, 1.165) is 29.9 Å². The first kappa shape index (κ1) is 17.6. The van der Waals surface area contributed by atoms with Crippen molar-refractivity contribution in [3.05, 3.63) is 23.3 Å². The fourth-order valence-electron chi connectivity index (χ4n) is 4.00. The average Bonchev–Trinajstić information content (AvgIpc) is 3.18. The zero-order valence-electron chi connectivity index (χ0n) is 15.5. The van der Waals surface area contributed by atoms with Gasteiger partial charge >= 0.3 is 0 Å². The van der Waals surface area contributed by atoms with Gasteiger partial charge < -0.3 is 14.3 Å². The minimum absolute atomic E-state index is 0.0296. The smallest absolute Gasteiger partial charge is 0.228 e. The van der Waals surface area contributed by atoms with E-state index in [2.05, 4.69) is 20.7 Å². The fourth-order valence-corrected chi connectivity index (χ4v) is 4.00. The number of tetrazole rings is 1. The minimum atomic E-state index is -0.138. The Hall–Kier alpha value is -2.78. The fraction of sp³-hybridized carbons (Fsp3) is 0.647. The molecule has 3 aliphatic rings. The van der Waals surface area contributed by atoms with Crippen LogP contribution in [0.3, 0.4) is 0 Å². The molecule has 0 spiro atoms. The largest absolute Gasteiger partial charge is 0.361 e. The lowest BCUT2D eigenvalue weighted by Gasteiger charge is -2.35. The zero-order chi connectivity index (χ0) is 19.0. The van der Waals surface area contributed by atoms with Gasteiger partial charge in [-0.2, -0.15) is 0 Å². The Balaban J connectivity index is 1.46. The van der Waals surface area contributed by atoms with Gasteiger partial charge in [-0.05, 0) is 37.1 Å². The number of amides is 2. The third-order valence-corrected chi connectivity index (χ3v) is 5.60. The van der Waals surface area contributed by atoms with Gasteiger partial charge in [0.25, 0.3) is 0 Å². The molecule has 10 heteroatoms. The monoisotopic (exact) mass is 373 g/mol. The van der Waals surface area contributed by atoms with Gasteiger partial charge in [0, 0.05) is 31.1 Å². The second-order valence-electron chi connectivity index (χ2n) is 7.32. The SMILES string of the molecule is Cc1noc(C)c1CN1C(=O)[C@@H]2CC[C@H]1CN(C(=O)CCn1cnnn1)C2. The van der Waals surface area contributed by atoms with E-state index < -0.39 is 0 Å². The highest BCUT2D eigenvalue weighted by Gasteiger charge is 2.42. The summed E-state index contributed by atoms with van der Waals surface area (Å²) >= 11 is 0. The van der Waals surface area contributed by atoms with Gasteiger partial charge in [-0.3, -0.25) is 9.59 Å². The summed E-state index contributed by atoms with van der Waals surface area (Å²) in [4.78, 5) is 29.4. The van der Waals surface area contributed by atoms with Crippen LogP contribution in [0.4, 0.5) is 0 Å². The predicted octanol–water partition coefficient (Wildman–Crippen LogP) is 0.318. The predicted molar refractivity (Wildman–Crippen MR) is 92.1 cm³/mol. The van der Waals surface area contributed by atoms with Gasteiger partial charge in [0.2, 0.25) is 11.8 Å². The number of nitrogens with zero attached hydrogens (tertiary/aromatic N) is 7. The Kier molecular flexibility index (Phi) is 4.63. The van der Waals surface area contributed by atoms with Crippen molar-refractivity contribution in [1.82, 2.24) is 35.2 Å². The van der Waals surface area contributed by atoms with Crippen molar-refractivity contribution in [1.29, 1.82) is 0 Å². The van der Waals surface area contributed by atoms with Crippen molar-refractivity contribution < 1.29 is 14.1 Å². The van der Waals surface area contributed by atoms with Gasteiger partial charge in [-0.25, -0.2) is 4.68 Å². The highest BCUT2D eigenvalue weighted by molar-refractivity contribution is 5.83. The van der Waals surface area contributed by atoms with Crippen LogP contribution in [0, 0.1) is 19.8 Å². The molecule has 2 aromatic rings. The van der Waals surface area contributed by atoms with Gasteiger partial charge in [-0.1, -0.05) is 5.16 Å². The molecule has 2 atom stereocenters. The highest BCUT2D eigenvalue weighted by atomic mass is 16.5. The van der Waals surface area contributed by atoms with E-state index in [1.54, 1.807) is 4.68 Å². The molecule has 27 heavy (non-hydrogen) atoms. The van der Waals surface area contributed by atoms with Gasteiger partial charge in [0.15, 0.2) is 0 Å². The van der Waals surface area contributed by atoms with E-state index >= 15 is 0 Å². The summed E-state index contributed by atoms with van der Waals surface area (Å²) in [7, 11) is 0. The molecule has 0 unspecified atom stereocenters. The summed E-state index contributed by atoms with van der Waals surface area (Å²) in [5.74, 6) is 0.771. The first-order valence-electron chi connectivity index (χ1n) is 9.23. The van der Waals surface area contributed by atoms with Crippen LogP contribution >= 0.6 is 0 Å². The van der Waals surface area contributed by atoms with Crippen molar-refractivity contribution >= 4 is 11.8 Å². The number of piperidine rings is 1. The van der Waals surface area contributed by atoms with Crippen molar-refractivity contribution in [3.8, 4) is 0 Å². The summed E-state index contributed by atoms with van der Waals surface area (Å²) in [5.41, 5.74) is 1.78. The van der Waals surface area contributed by atoms with E-state index in [-0.39, 0.29) is 23.8 Å². The molecule has 5 heterocycles. The van der Waals surface area contributed by atoms with Gasteiger partial charge in [0.1, 0.15) is 12.1 Å². The lowest BCUT2D eigenvalue weighted by Crippen LogP contribution is -2.47. The quantitative estimate of drug-likeness (QED) is 0.742. The maximum absolute atomic E-state index is 13.0. The summed E-state index contributed by atoms with van der Waals surface area (Å²) < 4.78 is 6.78. The Morgan fingerprint density at radius 2 is 2.15 bits per heavy atom. The van der Waals surface area contributed by atoms with E-state index in [1.807, 2.05) is 23.6 Å². The Morgan fingerprint density at radius 3 is 2.85 bits per heavy atom. The van der Waals surface area contributed by atoms with Crippen LogP contribution < -0.4 is 0 Å². The first-order valence-corrected chi connectivity index (χ1v) is 9.23. The van der Waals surface area contributed by atoms with Crippen molar-refractivity contribution in [3.63, 3.8) is 0 Å². The van der Waals surface area contributed by atoms with Crippen LogP contribution in [-0.4, -0.2) is 66.1 Å². The maximum Gasteiger partial charge on any atom is 0.228 e. The van der Waals surface area contributed by atoms with Crippen LogP contribution in [-0.2, 0) is 22.7 Å². The summed E-state index contributed by atoms with van der Waals surface area (Å²) in [6.45, 7) is 5.75. The molecular formula is C17H23N7O3. The normalized spacial score (nSPS) is 22.4. The Labute approximate surface area is 156 Å². The van der Waals surface area contributed by atoms with Crippen LogP contribution in [0.5, 0.6) is 0 Å². The Morgan fingerprint density at radius 1 is 1.30 bits per heavy atom. The number of carbonyl (C=O) groups excluding carboxylic acids is 2. The molecule has 10 nitrogen and oxygen atoms in total. The molecule has 5 rings (SSSR count). The molecule has 3 saturated heterocycles. The van der Waals surface area contributed by atoms with Crippen LogP contribution in [0.25, 0.3) is 0 Å². The first-order chi connectivity index (χ1) is 13.0. The molecule has 3 fully saturated rings. The number of carbonyl (C=O) groups is 2. The average molecular weight is 373 g/mol. The standard InChI is InChI=1S/C17H23N7O3/c1-11-15(12(2)27-19-11)9-24-14-4-3-13(17(24)26)7-22(8-14)16(25)5-6-23-10-18-20-21-23/h10,13-14H,3-9H2,1-2H3/t13-,14+/m1/s1. The molecule has 0 N–H and O–H groups in total. The molecule has 2 aromatic heterocycles. The molecule has 0 aliphatic carbocycles. The zero-order valence-corrected chi connectivity index (χ0v) is 15.5. The lowest BCUT2D eigenvalue weighted by molar-refractivity contribution is -0.140. The number of aromatic nitrogens is 5.